The first kappa shape index (κ1) is 36.2. The van der Waals surface area contributed by atoms with Gasteiger partial charge < -0.3 is 0 Å². The molecule has 0 saturated heterocycles. The van der Waals surface area contributed by atoms with Crippen LogP contribution in [0.1, 0.15) is 0 Å². The summed E-state index contributed by atoms with van der Waals surface area (Å²) in [5.41, 5.74) is 11.6. The van der Waals surface area contributed by atoms with Gasteiger partial charge in [0.2, 0.25) is 0 Å². The highest BCUT2D eigenvalue weighted by atomic mass is 32.1. The molecule has 12 aromatic rings. The van der Waals surface area contributed by atoms with E-state index in [-0.39, 0.29) is 0 Å². The second-order valence-electron chi connectivity index (χ2n) is 15.5. The molecule has 0 bridgehead atoms. The summed E-state index contributed by atoms with van der Waals surface area (Å²) in [6, 6.07) is 71.1. The van der Waals surface area contributed by atoms with Gasteiger partial charge in [-0.2, -0.15) is 0 Å². The molecule has 4 aromatic heterocycles. The number of fused-ring (bicyclic) bond motifs is 6. The highest BCUT2D eigenvalue weighted by molar-refractivity contribution is 7.26. The normalized spacial score (nSPS) is 11.5. The summed E-state index contributed by atoms with van der Waals surface area (Å²) in [6.07, 6.45) is 1.83. The lowest BCUT2D eigenvalue weighted by Crippen LogP contribution is -2.00. The average Bonchev–Trinajstić information content (AvgIpc) is 3.92. The molecule has 0 aliphatic carbocycles. The Morgan fingerprint density at radius 3 is 1.23 bits per heavy atom. The first-order chi connectivity index (χ1) is 30.7. The van der Waals surface area contributed by atoms with Gasteiger partial charge in [-0.15, -0.1) is 22.7 Å². The van der Waals surface area contributed by atoms with Crippen LogP contribution < -0.4 is 0 Å². The van der Waals surface area contributed by atoms with Crippen LogP contribution in [-0.2, 0) is 0 Å². The molecule has 0 aliphatic rings. The number of nitrogens with zero attached hydrogens (tertiary/aromatic N) is 4. The van der Waals surface area contributed by atoms with Crippen molar-refractivity contribution < 1.29 is 0 Å². The van der Waals surface area contributed by atoms with Gasteiger partial charge in [0.15, 0.2) is 17.5 Å². The maximum atomic E-state index is 5.26. The molecule has 0 fully saturated rings. The Labute approximate surface area is 366 Å². The molecule has 0 saturated carbocycles. The van der Waals surface area contributed by atoms with Crippen LogP contribution >= 0.6 is 22.7 Å². The zero-order chi connectivity index (χ0) is 41.0. The first-order valence-electron chi connectivity index (χ1n) is 20.6. The minimum Gasteiger partial charge on any atom is -0.256 e. The molecule has 6 heteroatoms. The van der Waals surface area contributed by atoms with Gasteiger partial charge in [0.1, 0.15) is 0 Å². The lowest BCUT2D eigenvalue weighted by atomic mass is 9.94. The molecule has 0 radical (unpaired) electrons. The molecule has 4 nitrogen and oxygen atoms in total. The topological polar surface area (TPSA) is 51.6 Å². The minimum atomic E-state index is 0.621. The Hall–Kier alpha value is -7.64. The number of hydrogen-bond donors (Lipinski definition) is 0. The van der Waals surface area contributed by atoms with Gasteiger partial charge in [0.25, 0.3) is 0 Å². The van der Waals surface area contributed by atoms with Crippen LogP contribution in [0.5, 0.6) is 0 Å². The predicted molar refractivity (Wildman–Crippen MR) is 261 cm³/mol. The van der Waals surface area contributed by atoms with Crippen molar-refractivity contribution in [3.05, 3.63) is 206 Å². The largest absolute Gasteiger partial charge is 0.256 e. The molecular formula is C56H34N4S2. The first-order valence-corrected chi connectivity index (χ1v) is 22.2. The van der Waals surface area contributed by atoms with Crippen molar-refractivity contribution >= 4 is 63.0 Å². The van der Waals surface area contributed by atoms with Crippen molar-refractivity contribution in [3.8, 4) is 78.8 Å². The fourth-order valence-corrected chi connectivity index (χ4v) is 10.6. The SMILES string of the molecule is c1ccc(-c2nc(-c3ccc(-c4ccc(-c5ccccn5)cc4)cc3)nc(-c3cc(-c4ccc5sc6ccccc6c5c4)cc(-c4ccc5sc6ccccc6c5c4)c3)n2)cc1. The number of aromatic nitrogens is 4. The Balaban J connectivity index is 1.00. The summed E-state index contributed by atoms with van der Waals surface area (Å²) in [5.74, 6) is 1.87. The minimum absolute atomic E-state index is 0.621. The van der Waals surface area contributed by atoms with Crippen LogP contribution in [0, 0.1) is 0 Å². The monoisotopic (exact) mass is 826 g/mol. The molecule has 0 spiro atoms. The van der Waals surface area contributed by atoms with E-state index in [2.05, 4.69) is 169 Å². The Morgan fingerprint density at radius 1 is 0.258 bits per heavy atom. The van der Waals surface area contributed by atoms with Crippen molar-refractivity contribution in [1.82, 2.24) is 19.9 Å². The number of rotatable bonds is 7. The van der Waals surface area contributed by atoms with E-state index in [9.17, 15) is 0 Å². The zero-order valence-corrected chi connectivity index (χ0v) is 34.9. The van der Waals surface area contributed by atoms with Gasteiger partial charge >= 0.3 is 0 Å². The molecule has 0 unspecified atom stereocenters. The number of thiophene rings is 2. The number of pyridine rings is 1. The Kier molecular flexibility index (Phi) is 8.84. The van der Waals surface area contributed by atoms with E-state index in [0.29, 0.717) is 17.5 Å². The molecule has 0 atom stereocenters. The van der Waals surface area contributed by atoms with Crippen LogP contribution in [0.3, 0.4) is 0 Å². The summed E-state index contributed by atoms with van der Waals surface area (Å²) in [4.78, 5) is 20.1. The van der Waals surface area contributed by atoms with Crippen LogP contribution in [0.4, 0.5) is 0 Å². The highest BCUT2D eigenvalue weighted by Gasteiger charge is 2.17. The molecule has 4 heterocycles. The van der Waals surface area contributed by atoms with Crippen LogP contribution in [0.15, 0.2) is 206 Å². The summed E-state index contributed by atoms with van der Waals surface area (Å²) < 4.78 is 5.15. The van der Waals surface area contributed by atoms with E-state index < -0.39 is 0 Å². The average molecular weight is 827 g/mol. The van der Waals surface area contributed by atoms with Gasteiger partial charge in [-0.05, 0) is 100 Å². The lowest BCUT2D eigenvalue weighted by molar-refractivity contribution is 1.07. The fraction of sp³-hybridized carbons (Fsp3) is 0. The Bertz CT molecular complexity index is 3480. The number of benzene rings is 8. The van der Waals surface area contributed by atoms with E-state index in [0.717, 1.165) is 61.3 Å². The second kappa shape index (κ2) is 15.1. The second-order valence-corrected chi connectivity index (χ2v) is 17.6. The standard InChI is InChI=1S/C56H34N4S2/c1-2-10-38(11-3-1)54-58-55(39-23-19-36(20-24-39)35-17-21-37(22-18-35)49-14-8-9-29-57-49)60-56(59-54)44-31-42(40-25-27-52-47(33-40)45-12-4-6-15-50(45)61-52)30-43(32-44)41-26-28-53-48(34-41)46-13-5-7-16-51(46)62-53/h1-34H. The molecule has 12 rings (SSSR count). The van der Waals surface area contributed by atoms with Gasteiger partial charge in [-0.25, -0.2) is 15.0 Å². The molecule has 0 aliphatic heterocycles. The van der Waals surface area contributed by atoms with Crippen LogP contribution in [0.2, 0.25) is 0 Å². The zero-order valence-electron chi connectivity index (χ0n) is 33.2. The van der Waals surface area contributed by atoms with E-state index >= 15 is 0 Å². The number of hydrogen-bond acceptors (Lipinski definition) is 6. The molecule has 8 aromatic carbocycles. The highest BCUT2D eigenvalue weighted by Crippen LogP contribution is 2.41. The maximum Gasteiger partial charge on any atom is 0.164 e. The summed E-state index contributed by atoms with van der Waals surface area (Å²) in [7, 11) is 0. The molecule has 0 N–H and O–H groups in total. The summed E-state index contributed by atoms with van der Waals surface area (Å²) >= 11 is 3.68. The summed E-state index contributed by atoms with van der Waals surface area (Å²) in [5, 5.41) is 5.09. The van der Waals surface area contributed by atoms with Gasteiger partial charge in [-0.1, -0.05) is 133 Å². The van der Waals surface area contributed by atoms with Gasteiger partial charge in [-0.3, -0.25) is 4.98 Å². The Morgan fingerprint density at radius 2 is 0.677 bits per heavy atom. The van der Waals surface area contributed by atoms with Crippen molar-refractivity contribution in [2.24, 2.45) is 0 Å². The van der Waals surface area contributed by atoms with Crippen LogP contribution in [-0.4, -0.2) is 19.9 Å². The van der Waals surface area contributed by atoms with Crippen molar-refractivity contribution in [2.45, 2.75) is 0 Å². The third-order valence-corrected chi connectivity index (χ3v) is 13.9. The van der Waals surface area contributed by atoms with Gasteiger partial charge in [0.05, 0.1) is 5.69 Å². The molecule has 0 amide bonds. The quantitative estimate of drug-likeness (QED) is 0.161. The van der Waals surface area contributed by atoms with Crippen molar-refractivity contribution in [3.63, 3.8) is 0 Å². The predicted octanol–water partition coefficient (Wildman–Crippen LogP) is 15.7. The van der Waals surface area contributed by atoms with Gasteiger partial charge in [0, 0.05) is 68.8 Å². The molecule has 62 heavy (non-hydrogen) atoms. The third-order valence-electron chi connectivity index (χ3n) is 11.6. The van der Waals surface area contributed by atoms with Crippen molar-refractivity contribution in [1.29, 1.82) is 0 Å². The van der Waals surface area contributed by atoms with E-state index in [1.54, 1.807) is 0 Å². The van der Waals surface area contributed by atoms with Crippen LogP contribution in [0.25, 0.3) is 119 Å². The smallest absolute Gasteiger partial charge is 0.164 e. The summed E-state index contributed by atoms with van der Waals surface area (Å²) in [6.45, 7) is 0. The van der Waals surface area contributed by atoms with E-state index in [1.165, 1.54) is 40.3 Å². The molecular weight excluding hydrogens is 793 g/mol. The van der Waals surface area contributed by atoms with E-state index in [4.69, 9.17) is 15.0 Å². The third kappa shape index (κ3) is 6.63. The maximum absolute atomic E-state index is 5.26. The molecule has 290 valence electrons. The fourth-order valence-electron chi connectivity index (χ4n) is 8.43. The lowest BCUT2D eigenvalue weighted by Gasteiger charge is -2.13. The van der Waals surface area contributed by atoms with Crippen molar-refractivity contribution in [2.75, 3.05) is 0 Å². The van der Waals surface area contributed by atoms with E-state index in [1.807, 2.05) is 65.3 Å².